The van der Waals surface area contributed by atoms with Crippen LogP contribution in [0.25, 0.3) is 0 Å². The summed E-state index contributed by atoms with van der Waals surface area (Å²) >= 11 is 1.25. The van der Waals surface area contributed by atoms with Crippen LogP contribution in [0.5, 0.6) is 0 Å². The highest BCUT2D eigenvalue weighted by Crippen LogP contribution is 2.23. The molecule has 3 aromatic rings. The highest BCUT2D eigenvalue weighted by atomic mass is 32.1. The number of hydrogen-bond donors (Lipinski definition) is 2. The third kappa shape index (κ3) is 4.37. The van der Waals surface area contributed by atoms with Crippen LogP contribution < -0.4 is 10.6 Å². The summed E-state index contributed by atoms with van der Waals surface area (Å²) in [5, 5.41) is 5.97. The Hall–Kier alpha value is -3.20. The van der Waals surface area contributed by atoms with E-state index in [4.69, 9.17) is 0 Å². The number of anilines is 2. The largest absolute Gasteiger partial charge is 0.321 e. The summed E-state index contributed by atoms with van der Waals surface area (Å²) in [6, 6.07) is 2.51. The zero-order valence-corrected chi connectivity index (χ0v) is 16.4. The molecule has 0 radical (unpaired) electrons. The molecule has 0 fully saturated rings. The number of halogens is 1. The summed E-state index contributed by atoms with van der Waals surface area (Å²) in [6.45, 7) is 5.38. The Balaban J connectivity index is 1.81. The number of nitrogens with one attached hydrogen (secondary N) is 2. The van der Waals surface area contributed by atoms with E-state index in [2.05, 4.69) is 25.6 Å². The summed E-state index contributed by atoms with van der Waals surface area (Å²) in [7, 11) is 0. The average molecular weight is 399 g/mol. The minimum absolute atomic E-state index is 0.206. The number of rotatable bonds is 5. The predicted octanol–water partition coefficient (Wildman–Crippen LogP) is 3.76. The van der Waals surface area contributed by atoms with Crippen LogP contribution in [0.3, 0.4) is 0 Å². The lowest BCUT2D eigenvalue weighted by Crippen LogP contribution is -2.17. The van der Waals surface area contributed by atoms with Gasteiger partial charge in [-0.3, -0.25) is 14.6 Å². The van der Waals surface area contributed by atoms with Crippen LogP contribution in [0.15, 0.2) is 30.7 Å². The van der Waals surface area contributed by atoms with Gasteiger partial charge in [0.1, 0.15) is 10.7 Å². The molecule has 7 nitrogen and oxygen atoms in total. The van der Waals surface area contributed by atoms with Gasteiger partial charge in [0.2, 0.25) is 0 Å². The highest BCUT2D eigenvalue weighted by Gasteiger charge is 2.18. The van der Waals surface area contributed by atoms with Crippen molar-refractivity contribution >= 4 is 34.7 Å². The van der Waals surface area contributed by atoms with Crippen LogP contribution in [0.1, 0.15) is 43.2 Å². The molecule has 0 saturated heterocycles. The molecule has 0 aliphatic heterocycles. The van der Waals surface area contributed by atoms with E-state index in [9.17, 15) is 14.0 Å². The third-order valence-corrected chi connectivity index (χ3v) is 4.87. The van der Waals surface area contributed by atoms with Gasteiger partial charge in [0.15, 0.2) is 5.82 Å². The van der Waals surface area contributed by atoms with Crippen LogP contribution in [0.2, 0.25) is 0 Å². The molecular weight excluding hydrogens is 381 g/mol. The number of hydrogen-bond acceptors (Lipinski definition) is 6. The number of amides is 2. The van der Waals surface area contributed by atoms with Crippen molar-refractivity contribution in [2.75, 3.05) is 10.6 Å². The molecule has 0 bridgehead atoms. The maximum absolute atomic E-state index is 14.3. The van der Waals surface area contributed by atoms with E-state index in [0.717, 1.165) is 17.1 Å². The van der Waals surface area contributed by atoms with Crippen molar-refractivity contribution in [1.82, 2.24) is 15.0 Å². The Morgan fingerprint density at radius 2 is 1.82 bits per heavy atom. The highest BCUT2D eigenvalue weighted by molar-refractivity contribution is 7.13. The smallest absolute Gasteiger partial charge is 0.267 e. The molecule has 3 rings (SSSR count). The monoisotopic (exact) mass is 399 g/mol. The molecule has 2 aromatic heterocycles. The van der Waals surface area contributed by atoms with Gasteiger partial charge in [-0.2, -0.15) is 0 Å². The Kier molecular flexibility index (Phi) is 5.74. The summed E-state index contributed by atoms with van der Waals surface area (Å²) in [4.78, 5) is 37.5. The van der Waals surface area contributed by atoms with E-state index in [1.54, 1.807) is 20.0 Å². The first-order chi connectivity index (χ1) is 13.4. The molecule has 0 saturated carbocycles. The Morgan fingerprint density at radius 3 is 2.43 bits per heavy atom. The second-order valence-electron chi connectivity index (χ2n) is 6.05. The topological polar surface area (TPSA) is 96.9 Å². The quantitative estimate of drug-likeness (QED) is 0.681. The van der Waals surface area contributed by atoms with E-state index in [1.165, 1.54) is 35.9 Å². The van der Waals surface area contributed by atoms with Gasteiger partial charge in [-0.05, 0) is 38.0 Å². The number of thiazole rings is 1. The van der Waals surface area contributed by atoms with Gasteiger partial charge in [-0.1, -0.05) is 6.92 Å². The fourth-order valence-corrected chi connectivity index (χ4v) is 3.09. The summed E-state index contributed by atoms with van der Waals surface area (Å²) < 4.78 is 14.3. The maximum Gasteiger partial charge on any atom is 0.267 e. The zero-order valence-electron chi connectivity index (χ0n) is 15.5. The van der Waals surface area contributed by atoms with Crippen molar-refractivity contribution in [1.29, 1.82) is 0 Å². The number of benzene rings is 1. The van der Waals surface area contributed by atoms with Gasteiger partial charge in [0, 0.05) is 5.69 Å². The minimum atomic E-state index is -0.695. The van der Waals surface area contributed by atoms with Crippen molar-refractivity contribution < 1.29 is 14.0 Å². The molecule has 2 amide bonds. The van der Waals surface area contributed by atoms with Gasteiger partial charge in [-0.25, -0.2) is 14.4 Å². The lowest BCUT2D eigenvalue weighted by Gasteiger charge is -2.11. The van der Waals surface area contributed by atoms with E-state index in [-0.39, 0.29) is 17.3 Å². The van der Waals surface area contributed by atoms with Crippen molar-refractivity contribution in [2.24, 2.45) is 0 Å². The fraction of sp³-hybridized carbons (Fsp3) is 0.211. The first kappa shape index (κ1) is 19.6. The lowest BCUT2D eigenvalue weighted by molar-refractivity contribution is 0.101. The Morgan fingerprint density at radius 1 is 1.04 bits per heavy atom. The molecule has 0 unspecified atom stereocenters. The van der Waals surface area contributed by atoms with Gasteiger partial charge < -0.3 is 10.6 Å². The Labute approximate surface area is 165 Å². The predicted molar refractivity (Wildman–Crippen MR) is 105 cm³/mol. The lowest BCUT2D eigenvalue weighted by atomic mass is 10.1. The molecule has 0 aliphatic rings. The van der Waals surface area contributed by atoms with E-state index in [0.29, 0.717) is 16.1 Å². The normalized spacial score (nSPS) is 10.6. The van der Waals surface area contributed by atoms with Crippen molar-refractivity contribution in [3.8, 4) is 0 Å². The molecule has 0 aliphatic carbocycles. The van der Waals surface area contributed by atoms with Gasteiger partial charge in [0.25, 0.3) is 11.8 Å². The van der Waals surface area contributed by atoms with Crippen molar-refractivity contribution in [3.05, 3.63) is 63.2 Å². The molecule has 0 atom stereocenters. The standard InChI is InChI=1S/C19H18FN5O2S/c1-4-12-7-23-17(9-22-12)25-18(26)13-6-15(10(2)5-14(13)20)24-19(27)16-8-21-11(3)28-16/h5-9H,4H2,1-3H3,(H,24,27)(H,23,25,26). The van der Waals surface area contributed by atoms with Gasteiger partial charge in [-0.15, -0.1) is 11.3 Å². The van der Waals surface area contributed by atoms with Crippen molar-refractivity contribution in [3.63, 3.8) is 0 Å². The number of nitrogens with zero attached hydrogens (tertiary/aromatic N) is 3. The minimum Gasteiger partial charge on any atom is -0.321 e. The molecule has 1 aromatic carbocycles. The fourth-order valence-electron chi connectivity index (χ4n) is 2.42. The number of carbonyl (C=O) groups is 2. The van der Waals surface area contributed by atoms with E-state index >= 15 is 0 Å². The summed E-state index contributed by atoms with van der Waals surface area (Å²) in [5.74, 6) is -1.53. The third-order valence-electron chi connectivity index (χ3n) is 3.96. The molecule has 2 N–H and O–H groups in total. The Bertz CT molecular complexity index is 1030. The van der Waals surface area contributed by atoms with Crippen molar-refractivity contribution in [2.45, 2.75) is 27.2 Å². The van der Waals surface area contributed by atoms with Gasteiger partial charge in [0.05, 0.1) is 34.9 Å². The van der Waals surface area contributed by atoms with Crippen LogP contribution in [-0.4, -0.2) is 26.8 Å². The molecule has 28 heavy (non-hydrogen) atoms. The van der Waals surface area contributed by atoms with Crippen LogP contribution in [-0.2, 0) is 6.42 Å². The molecule has 9 heteroatoms. The second kappa shape index (κ2) is 8.22. The molecular formula is C19H18FN5O2S. The molecule has 144 valence electrons. The van der Waals surface area contributed by atoms with Gasteiger partial charge >= 0.3 is 0 Å². The number of aryl methyl sites for hydroxylation is 3. The van der Waals surface area contributed by atoms with Crippen LogP contribution in [0, 0.1) is 19.7 Å². The average Bonchev–Trinajstić information content (AvgIpc) is 3.11. The maximum atomic E-state index is 14.3. The summed E-state index contributed by atoms with van der Waals surface area (Å²) in [5.41, 5.74) is 1.41. The van der Waals surface area contributed by atoms with E-state index < -0.39 is 11.7 Å². The molecule has 2 heterocycles. The second-order valence-corrected chi connectivity index (χ2v) is 7.28. The van der Waals surface area contributed by atoms with Crippen LogP contribution >= 0.6 is 11.3 Å². The zero-order chi connectivity index (χ0) is 20.3. The first-order valence-corrected chi connectivity index (χ1v) is 9.35. The number of carbonyl (C=O) groups excluding carboxylic acids is 2. The summed E-state index contributed by atoms with van der Waals surface area (Å²) in [6.07, 6.45) is 5.15. The first-order valence-electron chi connectivity index (χ1n) is 8.53. The van der Waals surface area contributed by atoms with Crippen LogP contribution in [0.4, 0.5) is 15.9 Å². The molecule has 0 spiro atoms. The number of aromatic nitrogens is 3. The SMILES string of the molecule is CCc1cnc(NC(=O)c2cc(NC(=O)c3cnc(C)s3)c(C)cc2F)cn1. The van der Waals surface area contributed by atoms with E-state index in [1.807, 2.05) is 6.92 Å².